The van der Waals surface area contributed by atoms with E-state index in [4.69, 9.17) is 11.5 Å². The number of carbonyl (C=O) groups is 3. The van der Waals surface area contributed by atoms with Crippen LogP contribution in [0.15, 0.2) is 36.8 Å². The number of aromatic nitrogens is 2. The van der Waals surface area contributed by atoms with Gasteiger partial charge in [-0.3, -0.25) is 14.4 Å². The lowest BCUT2D eigenvalue weighted by atomic mass is 10.0. The number of nitrogens with one attached hydrogen (secondary N) is 2. The summed E-state index contributed by atoms with van der Waals surface area (Å²) in [6.07, 6.45) is 17.3. The van der Waals surface area contributed by atoms with Gasteiger partial charge in [-0.05, 0) is 39.0 Å². The van der Waals surface area contributed by atoms with Crippen molar-refractivity contribution in [1.29, 1.82) is 0 Å². The van der Waals surface area contributed by atoms with Crippen LogP contribution in [0.3, 0.4) is 0 Å². The van der Waals surface area contributed by atoms with Crippen LogP contribution in [0, 0.1) is 0 Å². The minimum atomic E-state index is -3.77. The SMILES string of the molecule is CCCCCCCC(=O)NCCCC[C@H](NC(=O)[C@@H](N)Cc1cn(S(=O)(=O)C2(C)C=CC=CC2)cn1)C(N)=O. The first-order chi connectivity index (χ1) is 18.5. The molecule has 1 unspecified atom stereocenters. The second-order valence-electron chi connectivity index (χ2n) is 10.3. The van der Waals surface area contributed by atoms with Gasteiger partial charge in [-0.1, -0.05) is 56.9 Å². The van der Waals surface area contributed by atoms with Crippen molar-refractivity contribution in [3.05, 3.63) is 42.5 Å². The van der Waals surface area contributed by atoms with E-state index >= 15 is 0 Å². The molecular weight excluding hydrogens is 520 g/mol. The lowest BCUT2D eigenvalue weighted by molar-refractivity contribution is -0.128. The number of hydrogen-bond acceptors (Lipinski definition) is 7. The fourth-order valence-corrected chi connectivity index (χ4v) is 5.75. The minimum absolute atomic E-state index is 0.0171. The summed E-state index contributed by atoms with van der Waals surface area (Å²) >= 11 is 0. The van der Waals surface area contributed by atoms with Gasteiger partial charge in [0.15, 0.2) is 0 Å². The van der Waals surface area contributed by atoms with Crippen LogP contribution in [0.2, 0.25) is 0 Å². The summed E-state index contributed by atoms with van der Waals surface area (Å²) in [7, 11) is -3.77. The fourth-order valence-electron chi connectivity index (χ4n) is 4.28. The molecule has 1 aromatic heterocycles. The van der Waals surface area contributed by atoms with Crippen LogP contribution in [0.5, 0.6) is 0 Å². The number of allylic oxidation sites excluding steroid dienone is 3. The van der Waals surface area contributed by atoms with Gasteiger partial charge in [-0.15, -0.1) is 0 Å². The van der Waals surface area contributed by atoms with Gasteiger partial charge in [0.2, 0.25) is 27.7 Å². The highest BCUT2D eigenvalue weighted by atomic mass is 32.2. The molecule has 6 N–H and O–H groups in total. The smallest absolute Gasteiger partial charge is 0.249 e. The van der Waals surface area contributed by atoms with Gasteiger partial charge in [-0.2, -0.15) is 0 Å². The van der Waals surface area contributed by atoms with Gasteiger partial charge in [0.25, 0.3) is 0 Å². The number of nitrogens with zero attached hydrogens (tertiary/aromatic N) is 2. The minimum Gasteiger partial charge on any atom is -0.368 e. The van der Waals surface area contributed by atoms with E-state index in [2.05, 4.69) is 22.5 Å². The Bertz CT molecular complexity index is 1130. The maximum absolute atomic E-state index is 13.1. The first-order valence-corrected chi connectivity index (χ1v) is 15.2. The zero-order valence-electron chi connectivity index (χ0n) is 23.1. The average molecular weight is 565 g/mol. The van der Waals surface area contributed by atoms with Crippen molar-refractivity contribution in [1.82, 2.24) is 19.6 Å². The Hall–Kier alpha value is -2.99. The summed E-state index contributed by atoms with van der Waals surface area (Å²) < 4.78 is 26.1. The topological polar surface area (TPSA) is 179 Å². The predicted molar refractivity (Wildman–Crippen MR) is 151 cm³/mol. The van der Waals surface area contributed by atoms with Crippen LogP contribution in [-0.4, -0.2) is 58.5 Å². The van der Waals surface area contributed by atoms with Gasteiger partial charge in [-0.25, -0.2) is 17.4 Å². The molecule has 2 rings (SSSR count). The summed E-state index contributed by atoms with van der Waals surface area (Å²) in [6, 6.07) is -1.95. The molecule has 39 heavy (non-hydrogen) atoms. The molecule has 0 fully saturated rings. The first-order valence-electron chi connectivity index (χ1n) is 13.7. The second-order valence-corrected chi connectivity index (χ2v) is 12.6. The Balaban J connectivity index is 1.77. The predicted octanol–water partition coefficient (Wildman–Crippen LogP) is 1.82. The summed E-state index contributed by atoms with van der Waals surface area (Å²) in [5.41, 5.74) is 11.8. The van der Waals surface area contributed by atoms with Gasteiger partial charge in [0.05, 0.1) is 11.7 Å². The van der Waals surface area contributed by atoms with Crippen molar-refractivity contribution < 1.29 is 22.8 Å². The molecule has 11 nitrogen and oxygen atoms in total. The Morgan fingerprint density at radius 2 is 1.87 bits per heavy atom. The molecule has 218 valence electrons. The van der Waals surface area contributed by atoms with E-state index in [-0.39, 0.29) is 12.3 Å². The Labute approximate surface area is 231 Å². The van der Waals surface area contributed by atoms with Crippen molar-refractivity contribution in [2.24, 2.45) is 11.5 Å². The Morgan fingerprint density at radius 1 is 1.13 bits per heavy atom. The van der Waals surface area contributed by atoms with Gasteiger partial charge in [0, 0.05) is 25.6 Å². The first kappa shape index (κ1) is 32.2. The molecule has 0 aromatic carbocycles. The highest BCUT2D eigenvalue weighted by molar-refractivity contribution is 7.91. The molecule has 0 saturated carbocycles. The molecule has 3 amide bonds. The molecular formula is C27H44N6O5S. The van der Waals surface area contributed by atoms with Gasteiger partial charge >= 0.3 is 0 Å². The molecule has 0 bridgehead atoms. The number of amides is 3. The molecule has 0 saturated heterocycles. The van der Waals surface area contributed by atoms with Crippen LogP contribution in [0.25, 0.3) is 0 Å². The standard InChI is InChI=1S/C27H44N6O5S/c1-3-4-5-6-8-14-24(34)30-17-12-9-13-23(25(29)35)32-26(36)22(28)18-21-19-33(20-31-21)39(37,38)27(2)15-10-7-11-16-27/h7,10-11,15,19-20,22-23H,3-6,8-9,12-14,16-18,28H2,1-2H3,(H2,29,35)(H,30,34)(H,32,36)/t22-,23-,27?/m0/s1. The number of imidazole rings is 1. The van der Waals surface area contributed by atoms with E-state index < -0.39 is 38.7 Å². The Morgan fingerprint density at radius 3 is 2.54 bits per heavy atom. The lowest BCUT2D eigenvalue weighted by Crippen LogP contribution is -2.51. The molecule has 0 aliphatic heterocycles. The molecule has 1 aliphatic rings. The number of carbonyl (C=O) groups excluding carboxylic acids is 3. The maximum Gasteiger partial charge on any atom is 0.249 e. The van der Waals surface area contributed by atoms with E-state index in [1.54, 1.807) is 31.2 Å². The van der Waals surface area contributed by atoms with E-state index in [0.717, 1.165) is 23.2 Å². The molecule has 1 aliphatic carbocycles. The van der Waals surface area contributed by atoms with Crippen LogP contribution in [-0.2, 0) is 30.8 Å². The molecule has 0 spiro atoms. The van der Waals surface area contributed by atoms with Crippen molar-refractivity contribution in [2.45, 2.75) is 101 Å². The van der Waals surface area contributed by atoms with Gasteiger partial charge < -0.3 is 22.1 Å². The maximum atomic E-state index is 13.1. The second kappa shape index (κ2) is 15.6. The quantitative estimate of drug-likeness (QED) is 0.196. The third-order valence-electron chi connectivity index (χ3n) is 6.87. The summed E-state index contributed by atoms with van der Waals surface area (Å²) in [6.45, 7) is 4.27. The largest absolute Gasteiger partial charge is 0.368 e. The zero-order valence-corrected chi connectivity index (χ0v) is 23.9. The van der Waals surface area contributed by atoms with Crippen molar-refractivity contribution in [3.63, 3.8) is 0 Å². The summed E-state index contributed by atoms with van der Waals surface area (Å²) in [5.74, 6) is -1.24. The normalized spacial score (nSPS) is 18.4. The van der Waals surface area contributed by atoms with Crippen LogP contribution >= 0.6 is 0 Å². The molecule has 1 heterocycles. The summed E-state index contributed by atoms with van der Waals surface area (Å²) in [4.78, 5) is 40.5. The van der Waals surface area contributed by atoms with E-state index in [9.17, 15) is 22.8 Å². The molecule has 1 aromatic rings. The van der Waals surface area contributed by atoms with Crippen LogP contribution in [0.1, 0.15) is 83.7 Å². The lowest BCUT2D eigenvalue weighted by Gasteiger charge is -2.26. The van der Waals surface area contributed by atoms with Crippen molar-refractivity contribution in [3.8, 4) is 0 Å². The number of primary amides is 1. The number of rotatable bonds is 18. The average Bonchev–Trinajstić information content (AvgIpc) is 3.37. The molecule has 12 heteroatoms. The Kier molecular flexibility index (Phi) is 12.9. The third kappa shape index (κ3) is 9.92. The van der Waals surface area contributed by atoms with Crippen molar-refractivity contribution >= 4 is 27.7 Å². The number of hydrogen-bond donors (Lipinski definition) is 4. The highest BCUT2D eigenvalue weighted by Crippen LogP contribution is 2.28. The van der Waals surface area contributed by atoms with E-state index in [1.807, 2.05) is 0 Å². The third-order valence-corrected chi connectivity index (χ3v) is 9.11. The number of nitrogens with two attached hydrogens (primary N) is 2. The molecule has 0 radical (unpaired) electrons. The van der Waals surface area contributed by atoms with Crippen LogP contribution < -0.4 is 22.1 Å². The summed E-state index contributed by atoms with van der Waals surface area (Å²) in [5, 5.41) is 5.46. The highest BCUT2D eigenvalue weighted by Gasteiger charge is 2.38. The zero-order chi connectivity index (χ0) is 28.9. The molecule has 3 atom stereocenters. The van der Waals surface area contributed by atoms with Gasteiger partial charge in [0.1, 0.15) is 17.1 Å². The monoisotopic (exact) mass is 564 g/mol. The fraction of sp³-hybridized carbons (Fsp3) is 0.630. The van der Waals surface area contributed by atoms with Crippen LogP contribution in [0.4, 0.5) is 0 Å². The number of unbranched alkanes of at least 4 members (excludes halogenated alkanes) is 5. The van der Waals surface area contributed by atoms with E-state index in [0.29, 0.717) is 44.3 Å². The van der Waals surface area contributed by atoms with Crippen molar-refractivity contribution in [2.75, 3.05) is 6.54 Å². The van der Waals surface area contributed by atoms with E-state index in [1.165, 1.54) is 25.4 Å².